The van der Waals surface area contributed by atoms with Gasteiger partial charge in [-0.3, -0.25) is 9.69 Å². The van der Waals surface area contributed by atoms with Crippen molar-refractivity contribution in [3.05, 3.63) is 70.2 Å². The Kier molecular flexibility index (Phi) is 6.51. The lowest BCUT2D eigenvalue weighted by molar-refractivity contribution is 0.102. The van der Waals surface area contributed by atoms with E-state index in [0.717, 1.165) is 23.0 Å². The zero-order chi connectivity index (χ0) is 19.1. The lowest BCUT2D eigenvalue weighted by Gasteiger charge is -2.15. The molecule has 2 aromatic carbocycles. The van der Waals surface area contributed by atoms with Gasteiger partial charge >= 0.3 is 0 Å². The van der Waals surface area contributed by atoms with Crippen molar-refractivity contribution in [1.29, 1.82) is 0 Å². The van der Waals surface area contributed by atoms with Crippen LogP contribution in [0, 0.1) is 6.92 Å². The average molecular weight is 382 g/mol. The molecular formula is C20H22N4O2S. The standard InChI is InChI=1S/C20H22N4O2S/c1-15-7-6-10-17(13-15)26-12-11-24(2)14-18-22-23-20(27-18)19(25)21-16-8-4-3-5-9-16/h3-10,13H,11-12,14H2,1-2H3,(H,21,25). The summed E-state index contributed by atoms with van der Waals surface area (Å²) in [5, 5.41) is 12.1. The van der Waals surface area contributed by atoms with Gasteiger partial charge in [0.1, 0.15) is 17.4 Å². The molecule has 0 aliphatic rings. The minimum Gasteiger partial charge on any atom is -0.492 e. The maximum atomic E-state index is 12.2. The normalized spacial score (nSPS) is 10.8. The number of aromatic nitrogens is 2. The van der Waals surface area contributed by atoms with Crippen LogP contribution in [0.5, 0.6) is 5.75 Å². The highest BCUT2D eigenvalue weighted by Gasteiger charge is 2.14. The fraction of sp³-hybridized carbons (Fsp3) is 0.250. The van der Waals surface area contributed by atoms with Gasteiger partial charge in [-0.2, -0.15) is 0 Å². The van der Waals surface area contributed by atoms with Gasteiger partial charge in [0, 0.05) is 12.2 Å². The Bertz CT molecular complexity index is 882. The molecule has 0 spiro atoms. The first-order valence-corrected chi connectivity index (χ1v) is 9.48. The number of aryl methyl sites for hydroxylation is 1. The number of carbonyl (C=O) groups is 1. The molecule has 0 bridgehead atoms. The number of ether oxygens (including phenoxy) is 1. The smallest absolute Gasteiger partial charge is 0.286 e. The Labute approximate surface area is 162 Å². The molecule has 0 saturated heterocycles. The quantitative estimate of drug-likeness (QED) is 0.645. The number of likely N-dealkylation sites (N-methyl/N-ethyl adjacent to an activating group) is 1. The first kappa shape index (κ1) is 19.0. The van der Waals surface area contributed by atoms with E-state index in [1.54, 1.807) is 0 Å². The van der Waals surface area contributed by atoms with Gasteiger partial charge in [0.15, 0.2) is 0 Å². The summed E-state index contributed by atoms with van der Waals surface area (Å²) >= 11 is 1.30. The zero-order valence-electron chi connectivity index (χ0n) is 15.4. The second kappa shape index (κ2) is 9.25. The summed E-state index contributed by atoms with van der Waals surface area (Å²) in [6, 6.07) is 17.3. The molecule has 1 aromatic heterocycles. The van der Waals surface area contributed by atoms with Gasteiger partial charge in [-0.1, -0.05) is 41.7 Å². The van der Waals surface area contributed by atoms with Gasteiger partial charge in [-0.05, 0) is 43.8 Å². The van der Waals surface area contributed by atoms with E-state index in [1.165, 1.54) is 16.9 Å². The van der Waals surface area contributed by atoms with Crippen molar-refractivity contribution in [1.82, 2.24) is 15.1 Å². The number of rotatable bonds is 8. The first-order valence-electron chi connectivity index (χ1n) is 8.67. The molecule has 0 saturated carbocycles. The van der Waals surface area contributed by atoms with Crippen LogP contribution < -0.4 is 10.1 Å². The molecule has 0 radical (unpaired) electrons. The van der Waals surface area contributed by atoms with E-state index >= 15 is 0 Å². The van der Waals surface area contributed by atoms with Crippen LogP contribution >= 0.6 is 11.3 Å². The molecule has 27 heavy (non-hydrogen) atoms. The second-order valence-electron chi connectivity index (χ2n) is 6.22. The molecule has 0 atom stereocenters. The van der Waals surface area contributed by atoms with Crippen LogP contribution in [0.3, 0.4) is 0 Å². The predicted octanol–water partition coefficient (Wildman–Crippen LogP) is 3.61. The van der Waals surface area contributed by atoms with Crippen molar-refractivity contribution >= 4 is 22.9 Å². The number of hydrogen-bond donors (Lipinski definition) is 1. The third-order valence-electron chi connectivity index (χ3n) is 3.83. The molecule has 6 nitrogen and oxygen atoms in total. The van der Waals surface area contributed by atoms with E-state index in [0.29, 0.717) is 18.2 Å². The van der Waals surface area contributed by atoms with Crippen molar-refractivity contribution < 1.29 is 9.53 Å². The molecule has 1 amide bonds. The lowest BCUT2D eigenvalue weighted by Crippen LogP contribution is -2.23. The third kappa shape index (κ3) is 5.87. The monoisotopic (exact) mass is 382 g/mol. The molecule has 0 aliphatic heterocycles. The molecule has 0 fully saturated rings. The van der Waals surface area contributed by atoms with Crippen LogP contribution in [0.25, 0.3) is 0 Å². The largest absolute Gasteiger partial charge is 0.492 e. The van der Waals surface area contributed by atoms with E-state index in [-0.39, 0.29) is 5.91 Å². The van der Waals surface area contributed by atoms with Gasteiger partial charge in [0.05, 0.1) is 6.54 Å². The van der Waals surface area contributed by atoms with Crippen LogP contribution in [0.15, 0.2) is 54.6 Å². The fourth-order valence-electron chi connectivity index (χ4n) is 2.45. The number of nitrogens with one attached hydrogen (secondary N) is 1. The van der Waals surface area contributed by atoms with Crippen molar-refractivity contribution in [3.63, 3.8) is 0 Å². The number of hydrogen-bond acceptors (Lipinski definition) is 6. The Morgan fingerprint density at radius 1 is 1.15 bits per heavy atom. The van der Waals surface area contributed by atoms with E-state index in [2.05, 4.69) is 20.4 Å². The molecule has 1 heterocycles. The zero-order valence-corrected chi connectivity index (χ0v) is 16.2. The van der Waals surface area contributed by atoms with Gasteiger partial charge in [0.2, 0.25) is 5.01 Å². The predicted molar refractivity (Wildman–Crippen MR) is 107 cm³/mol. The number of nitrogens with zero attached hydrogens (tertiary/aromatic N) is 3. The minimum atomic E-state index is -0.240. The summed E-state index contributed by atoms with van der Waals surface area (Å²) in [5.74, 6) is 0.634. The molecule has 3 aromatic rings. The maximum Gasteiger partial charge on any atom is 0.286 e. The van der Waals surface area contributed by atoms with E-state index in [4.69, 9.17) is 4.74 Å². The highest BCUT2D eigenvalue weighted by atomic mass is 32.1. The molecular weight excluding hydrogens is 360 g/mol. The molecule has 0 unspecified atom stereocenters. The van der Waals surface area contributed by atoms with Crippen molar-refractivity contribution in [2.75, 3.05) is 25.5 Å². The Morgan fingerprint density at radius 3 is 2.74 bits per heavy atom. The summed E-state index contributed by atoms with van der Waals surface area (Å²) in [6.45, 7) is 3.99. The molecule has 3 rings (SSSR count). The Balaban J connectivity index is 1.46. The van der Waals surface area contributed by atoms with Crippen LogP contribution in [-0.4, -0.2) is 41.2 Å². The highest BCUT2D eigenvalue weighted by molar-refractivity contribution is 7.13. The number of anilines is 1. The van der Waals surface area contributed by atoms with Crippen molar-refractivity contribution in [2.24, 2.45) is 0 Å². The van der Waals surface area contributed by atoms with Crippen LogP contribution in [0.2, 0.25) is 0 Å². The number of amides is 1. The average Bonchev–Trinajstić information content (AvgIpc) is 3.11. The number of para-hydroxylation sites is 1. The fourth-order valence-corrected chi connectivity index (χ4v) is 3.26. The SMILES string of the molecule is Cc1cccc(OCCN(C)Cc2nnc(C(=O)Nc3ccccc3)s2)c1. The summed E-state index contributed by atoms with van der Waals surface area (Å²) in [4.78, 5) is 14.3. The van der Waals surface area contributed by atoms with Crippen LogP contribution in [0.4, 0.5) is 5.69 Å². The summed E-state index contributed by atoms with van der Waals surface area (Å²) in [6.07, 6.45) is 0. The van der Waals surface area contributed by atoms with E-state index in [1.807, 2.05) is 68.6 Å². The highest BCUT2D eigenvalue weighted by Crippen LogP contribution is 2.15. The Hall–Kier alpha value is -2.77. The Morgan fingerprint density at radius 2 is 1.96 bits per heavy atom. The summed E-state index contributed by atoms with van der Waals surface area (Å²) < 4.78 is 5.77. The second-order valence-corrected chi connectivity index (χ2v) is 7.29. The molecule has 0 aliphatic carbocycles. The first-order chi connectivity index (χ1) is 13.1. The van der Waals surface area contributed by atoms with Gasteiger partial charge in [-0.25, -0.2) is 0 Å². The van der Waals surface area contributed by atoms with Gasteiger partial charge in [-0.15, -0.1) is 10.2 Å². The number of carbonyl (C=O) groups excluding carboxylic acids is 1. The maximum absolute atomic E-state index is 12.2. The summed E-state index contributed by atoms with van der Waals surface area (Å²) in [5.41, 5.74) is 1.92. The lowest BCUT2D eigenvalue weighted by atomic mass is 10.2. The number of benzene rings is 2. The van der Waals surface area contributed by atoms with Crippen LogP contribution in [-0.2, 0) is 6.54 Å². The topological polar surface area (TPSA) is 67.3 Å². The van der Waals surface area contributed by atoms with Crippen molar-refractivity contribution in [3.8, 4) is 5.75 Å². The molecule has 1 N–H and O–H groups in total. The minimum absolute atomic E-state index is 0.240. The summed E-state index contributed by atoms with van der Waals surface area (Å²) in [7, 11) is 1.99. The van der Waals surface area contributed by atoms with Gasteiger partial charge < -0.3 is 10.1 Å². The third-order valence-corrected chi connectivity index (χ3v) is 4.74. The van der Waals surface area contributed by atoms with E-state index in [9.17, 15) is 4.79 Å². The molecule has 140 valence electrons. The van der Waals surface area contributed by atoms with Crippen molar-refractivity contribution in [2.45, 2.75) is 13.5 Å². The molecule has 7 heteroatoms. The van der Waals surface area contributed by atoms with Crippen LogP contribution in [0.1, 0.15) is 20.4 Å². The van der Waals surface area contributed by atoms with E-state index < -0.39 is 0 Å². The van der Waals surface area contributed by atoms with Gasteiger partial charge in [0.25, 0.3) is 5.91 Å².